The second-order valence-corrected chi connectivity index (χ2v) is 5.52. The smallest absolute Gasteiger partial charge is 0.255 e. The summed E-state index contributed by atoms with van der Waals surface area (Å²) in [6.45, 7) is 0. The van der Waals surface area contributed by atoms with Gasteiger partial charge in [0.2, 0.25) is 0 Å². The number of aliphatic hydroxyl groups is 1. The van der Waals surface area contributed by atoms with Gasteiger partial charge in [-0.05, 0) is 29.3 Å². The summed E-state index contributed by atoms with van der Waals surface area (Å²) in [6.07, 6.45) is -0.171. The number of hydrogen-bond donors (Lipinski definition) is 3. The molecule has 108 valence electrons. The maximum absolute atomic E-state index is 12.3. The number of aromatic hydroxyl groups is 1. The first-order valence-electron chi connectivity index (χ1n) is 6.61. The lowest BCUT2D eigenvalue weighted by atomic mass is 10.1. The van der Waals surface area contributed by atoms with Crippen LogP contribution in [0.25, 0.3) is 0 Å². The number of hydrogen-bond acceptors (Lipinski definition) is 3. The minimum absolute atomic E-state index is 0.0964. The van der Waals surface area contributed by atoms with Crippen molar-refractivity contribution in [3.8, 4) is 5.75 Å². The zero-order valence-electron chi connectivity index (χ0n) is 11.1. The molecule has 0 spiro atoms. The SMILES string of the molecule is O=C(NC1c2ccccc2CC1O)c1cc(Cl)ccc1O. The fourth-order valence-electron chi connectivity index (χ4n) is 2.66. The molecule has 4 nitrogen and oxygen atoms in total. The van der Waals surface area contributed by atoms with Crippen molar-refractivity contribution in [1.82, 2.24) is 5.32 Å². The molecule has 0 aliphatic heterocycles. The number of fused-ring (bicyclic) bond motifs is 1. The zero-order valence-corrected chi connectivity index (χ0v) is 11.8. The standard InChI is InChI=1S/C16H14ClNO3/c17-10-5-6-13(19)12(8-10)16(21)18-15-11-4-2-1-3-9(11)7-14(15)20/h1-6,8,14-15,19-20H,7H2,(H,18,21). The van der Waals surface area contributed by atoms with Crippen molar-refractivity contribution in [2.75, 3.05) is 0 Å². The highest BCUT2D eigenvalue weighted by Crippen LogP contribution is 2.32. The van der Waals surface area contributed by atoms with Crippen molar-refractivity contribution in [2.24, 2.45) is 0 Å². The largest absolute Gasteiger partial charge is 0.507 e. The van der Waals surface area contributed by atoms with Crippen LogP contribution in [0, 0.1) is 0 Å². The van der Waals surface area contributed by atoms with E-state index in [-0.39, 0.29) is 11.3 Å². The summed E-state index contributed by atoms with van der Waals surface area (Å²) >= 11 is 5.85. The van der Waals surface area contributed by atoms with Crippen LogP contribution in [0.15, 0.2) is 42.5 Å². The van der Waals surface area contributed by atoms with Gasteiger partial charge < -0.3 is 15.5 Å². The summed E-state index contributed by atoms with van der Waals surface area (Å²) < 4.78 is 0. The highest BCUT2D eigenvalue weighted by molar-refractivity contribution is 6.31. The van der Waals surface area contributed by atoms with Crippen molar-refractivity contribution < 1.29 is 15.0 Å². The number of aliphatic hydroxyl groups excluding tert-OH is 1. The molecule has 2 aromatic rings. The first-order chi connectivity index (χ1) is 10.1. The van der Waals surface area contributed by atoms with Crippen LogP contribution < -0.4 is 5.32 Å². The molecule has 1 aliphatic carbocycles. The highest BCUT2D eigenvalue weighted by atomic mass is 35.5. The number of benzene rings is 2. The molecule has 2 unspecified atom stereocenters. The maximum Gasteiger partial charge on any atom is 0.255 e. The first-order valence-corrected chi connectivity index (χ1v) is 6.99. The Hall–Kier alpha value is -2.04. The summed E-state index contributed by atoms with van der Waals surface area (Å²) in [5, 5.41) is 23.0. The Morgan fingerprint density at radius 1 is 1.24 bits per heavy atom. The molecule has 0 saturated heterocycles. The monoisotopic (exact) mass is 303 g/mol. The Bertz CT molecular complexity index is 702. The van der Waals surface area contributed by atoms with Crippen molar-refractivity contribution in [2.45, 2.75) is 18.6 Å². The van der Waals surface area contributed by atoms with E-state index in [1.807, 2.05) is 24.3 Å². The van der Waals surface area contributed by atoms with Gasteiger partial charge in [0.05, 0.1) is 17.7 Å². The molecular weight excluding hydrogens is 290 g/mol. The number of rotatable bonds is 2. The van der Waals surface area contributed by atoms with E-state index >= 15 is 0 Å². The first kappa shape index (κ1) is 13.9. The maximum atomic E-state index is 12.3. The van der Waals surface area contributed by atoms with Gasteiger partial charge in [0, 0.05) is 11.4 Å². The lowest BCUT2D eigenvalue weighted by Crippen LogP contribution is -2.33. The fourth-order valence-corrected chi connectivity index (χ4v) is 2.83. The third-order valence-corrected chi connectivity index (χ3v) is 3.93. The van der Waals surface area contributed by atoms with Crippen LogP contribution in [0.5, 0.6) is 5.75 Å². The Balaban J connectivity index is 1.87. The van der Waals surface area contributed by atoms with E-state index < -0.39 is 18.1 Å². The van der Waals surface area contributed by atoms with E-state index in [9.17, 15) is 15.0 Å². The number of carbonyl (C=O) groups is 1. The van der Waals surface area contributed by atoms with E-state index in [0.717, 1.165) is 11.1 Å². The molecule has 0 saturated carbocycles. The predicted molar refractivity (Wildman–Crippen MR) is 79.5 cm³/mol. The average Bonchev–Trinajstić information content (AvgIpc) is 2.78. The van der Waals surface area contributed by atoms with Crippen LogP contribution in [-0.2, 0) is 6.42 Å². The van der Waals surface area contributed by atoms with E-state index in [1.54, 1.807) is 0 Å². The topological polar surface area (TPSA) is 69.6 Å². The van der Waals surface area contributed by atoms with E-state index in [0.29, 0.717) is 11.4 Å². The van der Waals surface area contributed by atoms with Gasteiger partial charge in [-0.15, -0.1) is 0 Å². The minimum atomic E-state index is -0.673. The highest BCUT2D eigenvalue weighted by Gasteiger charge is 2.32. The summed E-state index contributed by atoms with van der Waals surface area (Å²) in [7, 11) is 0. The molecule has 0 radical (unpaired) electrons. The molecule has 3 N–H and O–H groups in total. The molecule has 21 heavy (non-hydrogen) atoms. The predicted octanol–water partition coefficient (Wildman–Crippen LogP) is 2.43. The third-order valence-electron chi connectivity index (χ3n) is 3.69. The molecule has 0 heterocycles. The van der Waals surface area contributed by atoms with E-state index in [4.69, 9.17) is 11.6 Å². The Kier molecular flexibility index (Phi) is 3.57. The molecule has 0 fully saturated rings. The molecule has 2 atom stereocenters. The molecule has 0 bridgehead atoms. The van der Waals surface area contributed by atoms with Gasteiger partial charge in [-0.1, -0.05) is 35.9 Å². The number of carbonyl (C=O) groups excluding carboxylic acids is 1. The lowest BCUT2D eigenvalue weighted by molar-refractivity contribution is 0.0855. The van der Waals surface area contributed by atoms with Crippen LogP contribution in [0.3, 0.4) is 0 Å². The Morgan fingerprint density at radius 3 is 2.81 bits per heavy atom. The van der Waals surface area contributed by atoms with Gasteiger partial charge in [-0.25, -0.2) is 0 Å². The van der Waals surface area contributed by atoms with Crippen molar-refractivity contribution in [3.05, 3.63) is 64.2 Å². The van der Waals surface area contributed by atoms with Gasteiger partial charge in [0.1, 0.15) is 5.75 Å². The van der Waals surface area contributed by atoms with Crippen molar-refractivity contribution >= 4 is 17.5 Å². The van der Waals surface area contributed by atoms with Crippen molar-refractivity contribution in [3.63, 3.8) is 0 Å². The lowest BCUT2D eigenvalue weighted by Gasteiger charge is -2.18. The molecule has 3 rings (SSSR count). The third kappa shape index (κ3) is 2.60. The summed E-state index contributed by atoms with van der Waals surface area (Å²) in [5.41, 5.74) is 2.02. The quantitative estimate of drug-likeness (QED) is 0.798. The Labute approximate surface area is 127 Å². The van der Waals surface area contributed by atoms with Crippen LogP contribution in [-0.4, -0.2) is 22.2 Å². The zero-order chi connectivity index (χ0) is 15.0. The number of phenolic OH excluding ortho intramolecular Hbond substituents is 1. The number of nitrogens with one attached hydrogen (secondary N) is 1. The van der Waals surface area contributed by atoms with Gasteiger partial charge in [0.25, 0.3) is 5.91 Å². The van der Waals surface area contributed by atoms with Crippen LogP contribution >= 0.6 is 11.6 Å². The number of amides is 1. The van der Waals surface area contributed by atoms with Gasteiger partial charge in [-0.2, -0.15) is 0 Å². The molecule has 2 aromatic carbocycles. The van der Waals surface area contributed by atoms with Crippen molar-refractivity contribution in [1.29, 1.82) is 0 Å². The minimum Gasteiger partial charge on any atom is -0.507 e. The number of phenols is 1. The number of halogens is 1. The van der Waals surface area contributed by atoms with Crippen LogP contribution in [0.4, 0.5) is 0 Å². The van der Waals surface area contributed by atoms with E-state index in [2.05, 4.69) is 5.32 Å². The van der Waals surface area contributed by atoms with Gasteiger partial charge in [-0.3, -0.25) is 4.79 Å². The molecule has 1 amide bonds. The second kappa shape index (κ2) is 5.39. The summed E-state index contributed by atoms with van der Waals surface area (Å²) in [4.78, 5) is 12.3. The average molecular weight is 304 g/mol. The van der Waals surface area contributed by atoms with Gasteiger partial charge >= 0.3 is 0 Å². The molecule has 5 heteroatoms. The second-order valence-electron chi connectivity index (χ2n) is 5.08. The summed E-state index contributed by atoms with van der Waals surface area (Å²) in [5.74, 6) is -0.603. The van der Waals surface area contributed by atoms with Gasteiger partial charge in [0.15, 0.2) is 0 Å². The molecule has 0 aromatic heterocycles. The summed E-state index contributed by atoms with van der Waals surface area (Å²) in [6, 6.07) is 11.4. The van der Waals surface area contributed by atoms with Crippen LogP contribution in [0.2, 0.25) is 5.02 Å². The molecule has 1 aliphatic rings. The normalized spacial score (nSPS) is 20.1. The fraction of sp³-hybridized carbons (Fsp3) is 0.188. The molecular formula is C16H14ClNO3. The Morgan fingerprint density at radius 2 is 2.00 bits per heavy atom. The van der Waals surface area contributed by atoms with Crippen LogP contribution in [0.1, 0.15) is 27.5 Å². The van der Waals surface area contributed by atoms with E-state index in [1.165, 1.54) is 18.2 Å².